The lowest BCUT2D eigenvalue weighted by molar-refractivity contribution is 0.219. The Morgan fingerprint density at radius 3 is 2.86 bits per heavy atom. The van der Waals surface area contributed by atoms with Crippen molar-refractivity contribution < 1.29 is 9.53 Å². The van der Waals surface area contributed by atoms with Crippen LogP contribution in [0, 0.1) is 0 Å². The average molecular weight is 310 g/mol. The third-order valence-corrected chi connectivity index (χ3v) is 3.11. The van der Waals surface area contributed by atoms with E-state index in [0.29, 0.717) is 23.3 Å². The molecule has 0 aliphatic rings. The maximum absolute atomic E-state index is 12.1. The van der Waals surface area contributed by atoms with Crippen LogP contribution in [0.2, 0.25) is 5.02 Å². The smallest absolute Gasteiger partial charge is 0.323 e. The monoisotopic (exact) mass is 309 g/mol. The Bertz CT molecular complexity index is 643. The van der Waals surface area contributed by atoms with Crippen molar-refractivity contribution in [1.82, 2.24) is 19.4 Å². The quantitative estimate of drug-likeness (QED) is 0.939. The number of aromatic nitrogens is 3. The molecule has 0 unspecified atom stereocenters. The van der Waals surface area contributed by atoms with E-state index in [1.165, 1.54) is 18.3 Å². The highest BCUT2D eigenvalue weighted by Crippen LogP contribution is 2.15. The molecule has 2 rings (SSSR count). The first-order valence-electron chi connectivity index (χ1n) is 6.18. The summed E-state index contributed by atoms with van der Waals surface area (Å²) in [6.07, 6.45) is 3.11. The number of carbonyl (C=O) groups is 1. The second-order valence-corrected chi connectivity index (χ2v) is 4.93. The molecule has 0 aromatic carbocycles. The van der Waals surface area contributed by atoms with E-state index in [0.717, 1.165) is 5.69 Å². The number of nitrogens with zero attached hydrogens (tertiary/aromatic N) is 4. The summed E-state index contributed by atoms with van der Waals surface area (Å²) >= 11 is 5.92. The van der Waals surface area contributed by atoms with Gasteiger partial charge in [-0.2, -0.15) is 0 Å². The zero-order valence-corrected chi connectivity index (χ0v) is 12.8. The van der Waals surface area contributed by atoms with Crippen molar-refractivity contribution in [3.8, 4) is 5.88 Å². The predicted molar refractivity (Wildman–Crippen MR) is 79.5 cm³/mol. The highest BCUT2D eigenvalue weighted by atomic mass is 35.5. The van der Waals surface area contributed by atoms with E-state index in [4.69, 9.17) is 16.3 Å². The van der Waals surface area contributed by atoms with Crippen LogP contribution in [0.4, 0.5) is 10.6 Å². The third-order valence-electron chi connectivity index (χ3n) is 2.91. The molecule has 8 heteroatoms. The molecule has 0 radical (unpaired) electrons. The van der Waals surface area contributed by atoms with Crippen molar-refractivity contribution >= 4 is 23.4 Å². The molecule has 21 heavy (non-hydrogen) atoms. The Labute approximate surface area is 127 Å². The Hall–Kier alpha value is -2.28. The molecule has 0 aliphatic carbocycles. The summed E-state index contributed by atoms with van der Waals surface area (Å²) in [4.78, 5) is 21.5. The van der Waals surface area contributed by atoms with Crippen LogP contribution in [-0.2, 0) is 13.6 Å². The maximum atomic E-state index is 12.1. The fraction of sp³-hybridized carbons (Fsp3) is 0.308. The first-order chi connectivity index (χ1) is 9.99. The lowest BCUT2D eigenvalue weighted by Crippen LogP contribution is -2.31. The normalized spacial score (nSPS) is 10.3. The van der Waals surface area contributed by atoms with Crippen molar-refractivity contribution in [2.45, 2.75) is 6.54 Å². The number of halogens is 1. The van der Waals surface area contributed by atoms with Crippen LogP contribution < -0.4 is 10.1 Å². The summed E-state index contributed by atoms with van der Waals surface area (Å²) < 4.78 is 6.85. The topological polar surface area (TPSA) is 72.3 Å². The van der Waals surface area contributed by atoms with Gasteiger partial charge in [-0.3, -0.25) is 5.32 Å². The van der Waals surface area contributed by atoms with Crippen molar-refractivity contribution in [2.75, 3.05) is 19.5 Å². The average Bonchev–Trinajstić information content (AvgIpc) is 2.77. The summed E-state index contributed by atoms with van der Waals surface area (Å²) in [5.41, 5.74) is 0.929. The van der Waals surface area contributed by atoms with Gasteiger partial charge in [0.1, 0.15) is 12.1 Å². The van der Waals surface area contributed by atoms with Crippen LogP contribution in [-0.4, -0.2) is 39.6 Å². The number of urea groups is 1. The molecule has 2 heterocycles. The molecule has 0 bridgehead atoms. The Balaban J connectivity index is 2.00. The minimum Gasteiger partial charge on any atom is -0.481 e. The summed E-state index contributed by atoms with van der Waals surface area (Å²) in [6.45, 7) is 0.428. The van der Waals surface area contributed by atoms with E-state index in [-0.39, 0.29) is 6.03 Å². The van der Waals surface area contributed by atoms with Crippen LogP contribution in [0.3, 0.4) is 0 Å². The maximum Gasteiger partial charge on any atom is 0.323 e. The molecule has 0 fully saturated rings. The third kappa shape index (κ3) is 3.85. The highest BCUT2D eigenvalue weighted by molar-refractivity contribution is 6.30. The van der Waals surface area contributed by atoms with E-state index in [1.807, 2.05) is 17.7 Å². The van der Waals surface area contributed by atoms with Crippen LogP contribution in [0.1, 0.15) is 5.69 Å². The van der Waals surface area contributed by atoms with Gasteiger partial charge in [-0.05, 0) is 6.07 Å². The number of hydrogen-bond donors (Lipinski definition) is 1. The second-order valence-electron chi connectivity index (χ2n) is 4.49. The summed E-state index contributed by atoms with van der Waals surface area (Å²) in [5, 5.41) is 3.32. The lowest BCUT2D eigenvalue weighted by Gasteiger charge is -2.18. The van der Waals surface area contributed by atoms with Gasteiger partial charge in [0.25, 0.3) is 0 Å². The molecule has 2 aromatic heterocycles. The number of hydrogen-bond acceptors (Lipinski definition) is 4. The van der Waals surface area contributed by atoms with E-state index in [2.05, 4.69) is 15.3 Å². The van der Waals surface area contributed by atoms with Crippen molar-refractivity contribution in [3.05, 3.63) is 35.4 Å². The zero-order valence-electron chi connectivity index (χ0n) is 12.0. The summed E-state index contributed by atoms with van der Waals surface area (Å²) in [5.74, 6) is 0.765. The fourth-order valence-electron chi connectivity index (χ4n) is 1.76. The van der Waals surface area contributed by atoms with Gasteiger partial charge in [-0.25, -0.2) is 14.8 Å². The van der Waals surface area contributed by atoms with Crippen LogP contribution in [0.25, 0.3) is 0 Å². The molecule has 0 saturated heterocycles. The molecule has 7 nitrogen and oxygen atoms in total. The predicted octanol–water partition coefficient (Wildman–Crippen LogP) is 2.14. The first-order valence-corrected chi connectivity index (χ1v) is 6.56. The van der Waals surface area contributed by atoms with E-state index in [9.17, 15) is 4.79 Å². The molecule has 1 N–H and O–H groups in total. The summed E-state index contributed by atoms with van der Waals surface area (Å²) in [7, 11) is 5.07. The molecule has 2 aromatic rings. The standard InChI is InChI=1S/C13H16ClN5O2/c1-18-6-9(14)4-10(18)7-19(2)13(20)17-11-5-12(21-3)16-8-15-11/h4-6,8H,7H2,1-3H3,(H,15,16,17,20). The van der Waals surface area contributed by atoms with Gasteiger partial charge in [0.05, 0.1) is 18.7 Å². The fourth-order valence-corrected chi connectivity index (χ4v) is 2.03. The van der Waals surface area contributed by atoms with Crippen molar-refractivity contribution in [1.29, 1.82) is 0 Å². The van der Waals surface area contributed by atoms with Gasteiger partial charge in [0.2, 0.25) is 5.88 Å². The second kappa shape index (κ2) is 6.45. The highest BCUT2D eigenvalue weighted by Gasteiger charge is 2.12. The molecule has 0 saturated carbocycles. The van der Waals surface area contributed by atoms with Crippen molar-refractivity contribution in [2.24, 2.45) is 7.05 Å². The number of amides is 2. The Kier molecular flexibility index (Phi) is 4.64. The molecular weight excluding hydrogens is 294 g/mol. The Morgan fingerprint density at radius 1 is 1.48 bits per heavy atom. The zero-order chi connectivity index (χ0) is 15.4. The molecular formula is C13H16ClN5O2. The molecule has 2 amide bonds. The number of aryl methyl sites for hydroxylation is 1. The molecule has 0 atom stereocenters. The molecule has 0 spiro atoms. The van der Waals surface area contributed by atoms with Crippen LogP contribution in [0.5, 0.6) is 5.88 Å². The number of rotatable bonds is 4. The number of carbonyl (C=O) groups excluding carboxylic acids is 1. The van der Waals surface area contributed by atoms with Gasteiger partial charge in [0.15, 0.2) is 0 Å². The Morgan fingerprint density at radius 2 is 2.24 bits per heavy atom. The lowest BCUT2D eigenvalue weighted by atomic mass is 10.4. The molecule has 0 aliphatic heterocycles. The minimum atomic E-state index is -0.284. The minimum absolute atomic E-state index is 0.284. The van der Waals surface area contributed by atoms with E-state index in [1.54, 1.807) is 19.3 Å². The van der Waals surface area contributed by atoms with E-state index >= 15 is 0 Å². The van der Waals surface area contributed by atoms with Gasteiger partial charge in [0, 0.05) is 32.1 Å². The number of nitrogens with one attached hydrogen (secondary N) is 1. The van der Waals surface area contributed by atoms with E-state index < -0.39 is 0 Å². The summed E-state index contributed by atoms with van der Waals surface area (Å²) in [6, 6.07) is 3.08. The van der Waals surface area contributed by atoms with Gasteiger partial charge in [-0.15, -0.1) is 0 Å². The van der Waals surface area contributed by atoms with Gasteiger partial charge >= 0.3 is 6.03 Å². The number of anilines is 1. The first kappa shape index (κ1) is 15.1. The number of methoxy groups -OCH3 is 1. The van der Waals surface area contributed by atoms with Gasteiger partial charge < -0.3 is 14.2 Å². The van der Waals surface area contributed by atoms with Crippen LogP contribution >= 0.6 is 11.6 Å². The molecule has 112 valence electrons. The van der Waals surface area contributed by atoms with Crippen LogP contribution in [0.15, 0.2) is 24.7 Å². The van der Waals surface area contributed by atoms with Crippen molar-refractivity contribution in [3.63, 3.8) is 0 Å². The van der Waals surface area contributed by atoms with Gasteiger partial charge in [-0.1, -0.05) is 11.6 Å². The largest absolute Gasteiger partial charge is 0.481 e. The SMILES string of the molecule is COc1cc(NC(=O)N(C)Cc2cc(Cl)cn2C)ncn1. The number of ether oxygens (including phenoxy) is 1.